The summed E-state index contributed by atoms with van der Waals surface area (Å²) in [6, 6.07) is 11.4. The zero-order valence-corrected chi connectivity index (χ0v) is 12.5. The van der Waals surface area contributed by atoms with Crippen molar-refractivity contribution in [2.75, 3.05) is 17.7 Å². The molecule has 0 radical (unpaired) electrons. The molecule has 0 fully saturated rings. The van der Waals surface area contributed by atoms with Gasteiger partial charge in [-0.2, -0.15) is 0 Å². The van der Waals surface area contributed by atoms with Gasteiger partial charge in [-0.15, -0.1) is 0 Å². The van der Waals surface area contributed by atoms with Crippen LogP contribution in [0, 0.1) is 6.92 Å². The van der Waals surface area contributed by atoms with E-state index in [2.05, 4.69) is 12.2 Å². The lowest BCUT2D eigenvalue weighted by Crippen LogP contribution is -1.99. The van der Waals surface area contributed by atoms with Crippen molar-refractivity contribution in [1.82, 2.24) is 0 Å². The van der Waals surface area contributed by atoms with E-state index < -0.39 is 0 Å². The number of nitrogen functional groups attached to an aromatic ring is 1. The molecule has 0 aliphatic heterocycles. The average Bonchev–Trinajstić information content (AvgIpc) is 2.41. The second kappa shape index (κ2) is 6.53. The molecule has 2 aromatic carbocycles. The van der Waals surface area contributed by atoms with E-state index in [0.717, 1.165) is 34.1 Å². The predicted octanol–water partition coefficient (Wildman–Crippen LogP) is 4.76. The summed E-state index contributed by atoms with van der Waals surface area (Å²) < 4.78 is 5.62. The quantitative estimate of drug-likeness (QED) is 0.780. The van der Waals surface area contributed by atoms with Gasteiger partial charge in [0.15, 0.2) is 0 Å². The normalized spacial score (nSPS) is 10.3. The molecule has 0 amide bonds. The van der Waals surface area contributed by atoms with Crippen LogP contribution in [0.4, 0.5) is 17.1 Å². The van der Waals surface area contributed by atoms with Gasteiger partial charge in [0, 0.05) is 34.2 Å². The monoisotopic (exact) mass is 290 g/mol. The van der Waals surface area contributed by atoms with Gasteiger partial charge in [0.2, 0.25) is 0 Å². The molecule has 106 valence electrons. The fourth-order valence-corrected chi connectivity index (χ4v) is 2.07. The fraction of sp³-hybridized carbons (Fsp3) is 0.250. The van der Waals surface area contributed by atoms with Crippen LogP contribution in [0.5, 0.6) is 5.75 Å². The van der Waals surface area contributed by atoms with Crippen molar-refractivity contribution in [3.05, 3.63) is 47.0 Å². The van der Waals surface area contributed by atoms with Crippen LogP contribution in [0.2, 0.25) is 5.02 Å². The molecule has 0 atom stereocenters. The number of rotatable bonds is 5. The van der Waals surface area contributed by atoms with Crippen molar-refractivity contribution in [1.29, 1.82) is 0 Å². The molecular weight excluding hydrogens is 272 g/mol. The van der Waals surface area contributed by atoms with Gasteiger partial charge < -0.3 is 15.8 Å². The highest BCUT2D eigenvalue weighted by molar-refractivity contribution is 6.31. The van der Waals surface area contributed by atoms with E-state index in [1.54, 1.807) is 0 Å². The summed E-state index contributed by atoms with van der Waals surface area (Å²) in [7, 11) is 0. The SMILES string of the molecule is CCCOc1cc(N)cc(Nc2cccc(Cl)c2C)c1. The molecule has 0 saturated heterocycles. The van der Waals surface area contributed by atoms with E-state index in [1.807, 2.05) is 43.3 Å². The molecule has 0 bridgehead atoms. The van der Waals surface area contributed by atoms with E-state index in [4.69, 9.17) is 22.1 Å². The van der Waals surface area contributed by atoms with Gasteiger partial charge in [-0.1, -0.05) is 24.6 Å². The van der Waals surface area contributed by atoms with Crippen LogP contribution in [0.25, 0.3) is 0 Å². The van der Waals surface area contributed by atoms with Gasteiger partial charge in [-0.3, -0.25) is 0 Å². The van der Waals surface area contributed by atoms with Crippen molar-refractivity contribution >= 4 is 28.7 Å². The Balaban J connectivity index is 2.24. The maximum absolute atomic E-state index is 6.12. The van der Waals surface area contributed by atoms with Gasteiger partial charge in [-0.05, 0) is 37.1 Å². The second-order valence-corrected chi connectivity index (χ2v) is 5.08. The summed E-state index contributed by atoms with van der Waals surface area (Å²) in [5.41, 5.74) is 9.43. The fourth-order valence-electron chi connectivity index (χ4n) is 1.90. The molecule has 0 unspecified atom stereocenters. The first kappa shape index (κ1) is 14.5. The van der Waals surface area contributed by atoms with E-state index >= 15 is 0 Å². The molecule has 3 N–H and O–H groups in total. The Morgan fingerprint density at radius 2 is 2.05 bits per heavy atom. The Kier molecular flexibility index (Phi) is 4.74. The summed E-state index contributed by atoms with van der Waals surface area (Å²) in [6.07, 6.45) is 0.963. The molecule has 0 aromatic heterocycles. The first-order valence-electron chi connectivity index (χ1n) is 6.65. The molecule has 3 nitrogen and oxygen atoms in total. The predicted molar refractivity (Wildman–Crippen MR) is 86.1 cm³/mol. The molecule has 0 aliphatic carbocycles. The number of hydrogen-bond donors (Lipinski definition) is 2. The van der Waals surface area contributed by atoms with E-state index in [0.29, 0.717) is 12.3 Å². The molecule has 0 aliphatic rings. The molecule has 0 heterocycles. The highest BCUT2D eigenvalue weighted by Crippen LogP contribution is 2.29. The minimum absolute atomic E-state index is 0.667. The van der Waals surface area contributed by atoms with Crippen molar-refractivity contribution < 1.29 is 4.74 Å². The maximum atomic E-state index is 6.12. The summed E-state index contributed by atoms with van der Waals surface area (Å²) in [5.74, 6) is 0.772. The number of nitrogens with two attached hydrogens (primary N) is 1. The molecule has 0 spiro atoms. The number of nitrogens with one attached hydrogen (secondary N) is 1. The largest absolute Gasteiger partial charge is 0.493 e. The maximum Gasteiger partial charge on any atom is 0.123 e. The highest BCUT2D eigenvalue weighted by Gasteiger charge is 2.05. The average molecular weight is 291 g/mol. The standard InChI is InChI=1S/C16H19ClN2O/c1-3-7-20-14-9-12(18)8-13(10-14)19-16-6-4-5-15(17)11(16)2/h4-6,8-10,19H,3,7,18H2,1-2H3. The van der Waals surface area contributed by atoms with Crippen LogP contribution >= 0.6 is 11.6 Å². The number of benzene rings is 2. The molecule has 4 heteroatoms. The Labute approximate surface area is 124 Å². The van der Waals surface area contributed by atoms with Gasteiger partial charge in [0.05, 0.1) is 6.61 Å². The van der Waals surface area contributed by atoms with Gasteiger partial charge in [0.25, 0.3) is 0 Å². The van der Waals surface area contributed by atoms with Crippen LogP contribution in [0.1, 0.15) is 18.9 Å². The van der Waals surface area contributed by atoms with Gasteiger partial charge in [-0.25, -0.2) is 0 Å². The third kappa shape index (κ3) is 3.58. The first-order chi connectivity index (χ1) is 9.60. The third-order valence-electron chi connectivity index (χ3n) is 2.95. The lowest BCUT2D eigenvalue weighted by molar-refractivity contribution is 0.318. The number of hydrogen-bond acceptors (Lipinski definition) is 3. The number of halogens is 1. The smallest absolute Gasteiger partial charge is 0.123 e. The molecule has 2 aromatic rings. The Bertz CT molecular complexity index is 599. The Hall–Kier alpha value is -1.87. The molecular formula is C16H19ClN2O. The van der Waals surface area contributed by atoms with Crippen LogP contribution in [-0.2, 0) is 0 Å². The van der Waals surface area contributed by atoms with Gasteiger partial charge >= 0.3 is 0 Å². The number of ether oxygens (including phenoxy) is 1. The zero-order valence-electron chi connectivity index (χ0n) is 11.7. The zero-order chi connectivity index (χ0) is 14.5. The summed E-state index contributed by atoms with van der Waals surface area (Å²) in [5, 5.41) is 4.06. The van der Waals surface area contributed by atoms with Crippen molar-refractivity contribution in [2.24, 2.45) is 0 Å². The van der Waals surface area contributed by atoms with E-state index in [-0.39, 0.29) is 0 Å². The minimum Gasteiger partial charge on any atom is -0.493 e. The summed E-state index contributed by atoms with van der Waals surface area (Å²) in [4.78, 5) is 0. The lowest BCUT2D eigenvalue weighted by atomic mass is 10.2. The van der Waals surface area contributed by atoms with Crippen molar-refractivity contribution in [3.63, 3.8) is 0 Å². The second-order valence-electron chi connectivity index (χ2n) is 4.68. The van der Waals surface area contributed by atoms with Crippen LogP contribution in [0.15, 0.2) is 36.4 Å². The topological polar surface area (TPSA) is 47.3 Å². The Morgan fingerprint density at radius 3 is 2.80 bits per heavy atom. The molecule has 0 saturated carbocycles. The van der Waals surface area contributed by atoms with Crippen molar-refractivity contribution in [3.8, 4) is 5.75 Å². The minimum atomic E-state index is 0.667. The van der Waals surface area contributed by atoms with Crippen LogP contribution in [-0.4, -0.2) is 6.61 Å². The lowest BCUT2D eigenvalue weighted by Gasteiger charge is -2.13. The number of anilines is 3. The van der Waals surface area contributed by atoms with Crippen LogP contribution in [0.3, 0.4) is 0 Å². The Morgan fingerprint density at radius 1 is 1.25 bits per heavy atom. The van der Waals surface area contributed by atoms with E-state index in [1.165, 1.54) is 0 Å². The van der Waals surface area contributed by atoms with Gasteiger partial charge in [0.1, 0.15) is 5.75 Å². The third-order valence-corrected chi connectivity index (χ3v) is 3.36. The summed E-state index contributed by atoms with van der Waals surface area (Å²) >= 11 is 6.12. The first-order valence-corrected chi connectivity index (χ1v) is 7.03. The summed E-state index contributed by atoms with van der Waals surface area (Å²) in [6.45, 7) is 4.73. The highest BCUT2D eigenvalue weighted by atomic mass is 35.5. The van der Waals surface area contributed by atoms with Crippen LogP contribution < -0.4 is 15.8 Å². The van der Waals surface area contributed by atoms with Crippen molar-refractivity contribution in [2.45, 2.75) is 20.3 Å². The molecule has 20 heavy (non-hydrogen) atoms. The van der Waals surface area contributed by atoms with E-state index in [9.17, 15) is 0 Å². The molecule has 2 rings (SSSR count).